The molecule has 2 aromatic rings. The van der Waals surface area contributed by atoms with Crippen molar-refractivity contribution in [3.8, 4) is 11.3 Å². The van der Waals surface area contributed by atoms with Gasteiger partial charge in [-0.3, -0.25) is 4.79 Å². The number of nitrogens with zero attached hydrogens (tertiary/aromatic N) is 1. The SMILES string of the molecule is O=C(CCc1ncc(-c2ccccc2F)o1)OC1CCCCC1. The molecule has 1 heterocycles. The van der Waals surface area contributed by atoms with Crippen molar-refractivity contribution < 1.29 is 18.3 Å². The lowest BCUT2D eigenvalue weighted by Gasteiger charge is -2.21. The summed E-state index contributed by atoms with van der Waals surface area (Å²) >= 11 is 0. The van der Waals surface area contributed by atoms with Crippen molar-refractivity contribution in [2.45, 2.75) is 51.0 Å². The Balaban J connectivity index is 1.53. The first kappa shape index (κ1) is 15.7. The maximum atomic E-state index is 13.7. The van der Waals surface area contributed by atoms with Crippen molar-refractivity contribution in [3.05, 3.63) is 42.2 Å². The highest BCUT2D eigenvalue weighted by Crippen LogP contribution is 2.24. The molecule has 1 saturated carbocycles. The van der Waals surface area contributed by atoms with Gasteiger partial charge in [0.05, 0.1) is 18.2 Å². The van der Waals surface area contributed by atoms with E-state index in [9.17, 15) is 9.18 Å². The molecule has 1 fully saturated rings. The molecule has 23 heavy (non-hydrogen) atoms. The van der Waals surface area contributed by atoms with E-state index in [1.165, 1.54) is 18.7 Å². The molecule has 0 radical (unpaired) electrons. The molecule has 0 amide bonds. The highest BCUT2D eigenvalue weighted by atomic mass is 19.1. The summed E-state index contributed by atoms with van der Waals surface area (Å²) < 4.78 is 24.7. The topological polar surface area (TPSA) is 52.3 Å². The number of benzene rings is 1. The predicted molar refractivity (Wildman–Crippen MR) is 83.2 cm³/mol. The van der Waals surface area contributed by atoms with Crippen molar-refractivity contribution in [1.82, 2.24) is 4.98 Å². The zero-order valence-electron chi connectivity index (χ0n) is 13.0. The van der Waals surface area contributed by atoms with Gasteiger partial charge in [-0.25, -0.2) is 9.37 Å². The predicted octanol–water partition coefficient (Wildman–Crippen LogP) is 4.29. The number of aryl methyl sites for hydroxylation is 1. The van der Waals surface area contributed by atoms with Crippen LogP contribution in [-0.2, 0) is 16.0 Å². The number of oxazole rings is 1. The Morgan fingerprint density at radius 1 is 1.26 bits per heavy atom. The highest BCUT2D eigenvalue weighted by molar-refractivity contribution is 5.69. The Labute approximate surface area is 134 Å². The minimum atomic E-state index is -0.355. The van der Waals surface area contributed by atoms with Crippen molar-refractivity contribution in [1.29, 1.82) is 0 Å². The second-order valence-corrected chi connectivity index (χ2v) is 5.85. The Morgan fingerprint density at radius 3 is 2.83 bits per heavy atom. The molecule has 5 heteroatoms. The third-order valence-corrected chi connectivity index (χ3v) is 4.09. The van der Waals surface area contributed by atoms with Crippen LogP contribution in [0.25, 0.3) is 11.3 Å². The van der Waals surface area contributed by atoms with Crippen LogP contribution in [-0.4, -0.2) is 17.1 Å². The quantitative estimate of drug-likeness (QED) is 0.772. The zero-order chi connectivity index (χ0) is 16.1. The molecule has 0 N–H and O–H groups in total. The van der Waals surface area contributed by atoms with Crippen LogP contribution in [0.15, 0.2) is 34.9 Å². The van der Waals surface area contributed by atoms with Gasteiger partial charge in [0, 0.05) is 6.42 Å². The molecule has 0 bridgehead atoms. The van der Waals surface area contributed by atoms with Gasteiger partial charge in [-0.2, -0.15) is 0 Å². The van der Waals surface area contributed by atoms with Gasteiger partial charge in [0.15, 0.2) is 11.7 Å². The van der Waals surface area contributed by atoms with Crippen molar-refractivity contribution in [3.63, 3.8) is 0 Å². The standard InChI is InChI=1S/C18H20FNO3/c19-15-9-5-4-8-14(15)16-12-20-17(23-16)10-11-18(21)22-13-6-2-1-3-7-13/h4-5,8-9,12-13H,1-3,6-7,10-11H2. The van der Waals surface area contributed by atoms with Gasteiger partial charge in [0.1, 0.15) is 11.9 Å². The first-order chi connectivity index (χ1) is 11.2. The molecule has 1 aliphatic rings. The number of carbonyl (C=O) groups excluding carboxylic acids is 1. The number of halogens is 1. The molecule has 0 atom stereocenters. The van der Waals surface area contributed by atoms with Crippen LogP contribution in [0, 0.1) is 5.82 Å². The number of hydrogen-bond acceptors (Lipinski definition) is 4. The van der Waals surface area contributed by atoms with Gasteiger partial charge < -0.3 is 9.15 Å². The maximum Gasteiger partial charge on any atom is 0.306 e. The molecule has 0 spiro atoms. The number of aromatic nitrogens is 1. The lowest BCUT2D eigenvalue weighted by atomic mass is 9.98. The molecular weight excluding hydrogens is 297 g/mol. The summed E-state index contributed by atoms with van der Waals surface area (Å²) in [6.45, 7) is 0. The van der Waals surface area contributed by atoms with Gasteiger partial charge in [-0.1, -0.05) is 18.6 Å². The van der Waals surface area contributed by atoms with E-state index in [1.807, 2.05) is 0 Å². The Hall–Kier alpha value is -2.17. The average molecular weight is 317 g/mol. The fourth-order valence-electron chi connectivity index (χ4n) is 2.85. The van der Waals surface area contributed by atoms with Crippen LogP contribution in [0.2, 0.25) is 0 Å². The molecule has 3 rings (SSSR count). The second kappa shape index (κ2) is 7.40. The average Bonchev–Trinajstić information content (AvgIpc) is 3.03. The van der Waals surface area contributed by atoms with Gasteiger partial charge >= 0.3 is 5.97 Å². The molecule has 1 aromatic heterocycles. The normalized spacial score (nSPS) is 15.5. The number of carbonyl (C=O) groups is 1. The maximum absolute atomic E-state index is 13.7. The van der Waals surface area contributed by atoms with Crippen molar-refractivity contribution >= 4 is 5.97 Å². The van der Waals surface area contributed by atoms with E-state index in [2.05, 4.69) is 4.98 Å². The number of rotatable bonds is 5. The lowest BCUT2D eigenvalue weighted by molar-refractivity contribution is -0.150. The van der Waals surface area contributed by atoms with Crippen LogP contribution in [0.3, 0.4) is 0 Å². The van der Waals surface area contributed by atoms with Gasteiger partial charge in [-0.05, 0) is 37.8 Å². The van der Waals surface area contributed by atoms with E-state index in [0.717, 1.165) is 25.7 Å². The van der Waals surface area contributed by atoms with E-state index in [4.69, 9.17) is 9.15 Å². The summed E-state index contributed by atoms with van der Waals surface area (Å²) in [4.78, 5) is 16.0. The number of hydrogen-bond donors (Lipinski definition) is 0. The number of esters is 1. The van der Waals surface area contributed by atoms with E-state index in [1.54, 1.807) is 18.2 Å². The molecule has 1 aliphatic carbocycles. The second-order valence-electron chi connectivity index (χ2n) is 5.85. The first-order valence-corrected chi connectivity index (χ1v) is 8.11. The zero-order valence-corrected chi connectivity index (χ0v) is 13.0. The summed E-state index contributed by atoms with van der Waals surface area (Å²) in [6.07, 6.45) is 7.55. The van der Waals surface area contributed by atoms with Crippen LogP contribution >= 0.6 is 0 Å². The molecule has 1 aromatic carbocycles. The Bertz CT molecular complexity index is 662. The summed E-state index contributed by atoms with van der Waals surface area (Å²) in [5.74, 6) is 0.219. The third-order valence-electron chi connectivity index (χ3n) is 4.09. The fraction of sp³-hybridized carbons (Fsp3) is 0.444. The molecule has 0 saturated heterocycles. The number of ether oxygens (including phenoxy) is 1. The van der Waals surface area contributed by atoms with Gasteiger partial charge in [0.2, 0.25) is 0 Å². The van der Waals surface area contributed by atoms with E-state index >= 15 is 0 Å². The van der Waals surface area contributed by atoms with Gasteiger partial charge in [0.25, 0.3) is 0 Å². The molecule has 0 unspecified atom stereocenters. The first-order valence-electron chi connectivity index (χ1n) is 8.11. The van der Waals surface area contributed by atoms with Crippen LogP contribution in [0.1, 0.15) is 44.4 Å². The largest absolute Gasteiger partial charge is 0.462 e. The lowest BCUT2D eigenvalue weighted by Crippen LogP contribution is -2.21. The van der Waals surface area contributed by atoms with Crippen molar-refractivity contribution in [2.75, 3.05) is 0 Å². The summed E-state index contributed by atoms with van der Waals surface area (Å²) in [5, 5.41) is 0. The van der Waals surface area contributed by atoms with Gasteiger partial charge in [-0.15, -0.1) is 0 Å². The summed E-state index contributed by atoms with van der Waals surface area (Å²) in [7, 11) is 0. The van der Waals surface area contributed by atoms with Crippen LogP contribution < -0.4 is 0 Å². The van der Waals surface area contributed by atoms with Crippen molar-refractivity contribution in [2.24, 2.45) is 0 Å². The van der Waals surface area contributed by atoms with Crippen LogP contribution in [0.4, 0.5) is 4.39 Å². The minimum Gasteiger partial charge on any atom is -0.462 e. The Kier molecular flexibility index (Phi) is 5.05. The van der Waals surface area contributed by atoms with E-state index < -0.39 is 0 Å². The van der Waals surface area contributed by atoms with Crippen LogP contribution in [0.5, 0.6) is 0 Å². The summed E-state index contributed by atoms with van der Waals surface area (Å²) in [5.41, 5.74) is 0.371. The monoisotopic (exact) mass is 317 g/mol. The molecular formula is C18H20FNO3. The smallest absolute Gasteiger partial charge is 0.306 e. The third kappa shape index (κ3) is 4.18. The minimum absolute atomic E-state index is 0.0646. The van der Waals surface area contributed by atoms with E-state index in [0.29, 0.717) is 23.6 Å². The highest BCUT2D eigenvalue weighted by Gasteiger charge is 2.18. The fourth-order valence-corrected chi connectivity index (χ4v) is 2.85. The summed E-state index contributed by atoms with van der Waals surface area (Å²) in [6, 6.07) is 6.37. The molecule has 122 valence electrons. The molecule has 4 nitrogen and oxygen atoms in total. The van der Waals surface area contributed by atoms with E-state index in [-0.39, 0.29) is 24.3 Å². The molecule has 0 aliphatic heterocycles. The Morgan fingerprint density at radius 2 is 2.04 bits per heavy atom.